The first-order chi connectivity index (χ1) is 9.00. The van der Waals surface area contributed by atoms with E-state index in [2.05, 4.69) is 0 Å². The molecule has 1 aliphatic rings. The molecule has 1 aromatic rings. The average molecular weight is 301 g/mol. The van der Waals surface area contributed by atoms with Gasteiger partial charge in [-0.15, -0.1) is 0 Å². The van der Waals surface area contributed by atoms with Crippen molar-refractivity contribution in [3.8, 4) is 0 Å². The number of piperidine rings is 1. The zero-order valence-corrected chi connectivity index (χ0v) is 11.8. The Balaban J connectivity index is 2.19. The van der Waals surface area contributed by atoms with Crippen LogP contribution < -0.4 is 5.73 Å². The Morgan fingerprint density at radius 3 is 2.95 bits per heavy atom. The van der Waals surface area contributed by atoms with Crippen molar-refractivity contribution < 1.29 is 9.18 Å². The Morgan fingerprint density at radius 1 is 1.53 bits per heavy atom. The minimum absolute atomic E-state index is 0.00362. The van der Waals surface area contributed by atoms with Crippen molar-refractivity contribution in [2.45, 2.75) is 12.8 Å². The highest BCUT2D eigenvalue weighted by Gasteiger charge is 2.27. The van der Waals surface area contributed by atoms with E-state index in [1.165, 1.54) is 12.1 Å². The van der Waals surface area contributed by atoms with Crippen LogP contribution >= 0.6 is 23.8 Å². The SMILES string of the molecule is NC(=S)C1CCCN(C(=O)c2cccc(Cl)c2F)C1. The lowest BCUT2D eigenvalue weighted by Crippen LogP contribution is -2.43. The summed E-state index contributed by atoms with van der Waals surface area (Å²) in [7, 11) is 0. The average Bonchev–Trinajstić information content (AvgIpc) is 2.41. The van der Waals surface area contributed by atoms with Crippen molar-refractivity contribution in [3.63, 3.8) is 0 Å². The Labute approximate surface area is 121 Å². The summed E-state index contributed by atoms with van der Waals surface area (Å²) < 4.78 is 13.8. The van der Waals surface area contributed by atoms with Crippen LogP contribution in [0.4, 0.5) is 4.39 Å². The van der Waals surface area contributed by atoms with Crippen molar-refractivity contribution in [1.29, 1.82) is 0 Å². The topological polar surface area (TPSA) is 46.3 Å². The number of carbonyl (C=O) groups excluding carboxylic acids is 1. The second-order valence-electron chi connectivity index (χ2n) is 4.59. The summed E-state index contributed by atoms with van der Waals surface area (Å²) in [5.41, 5.74) is 5.62. The van der Waals surface area contributed by atoms with Crippen LogP contribution in [-0.2, 0) is 0 Å². The molecule has 0 spiro atoms. The summed E-state index contributed by atoms with van der Waals surface area (Å²) in [5.74, 6) is -1.03. The molecule has 1 aliphatic heterocycles. The largest absolute Gasteiger partial charge is 0.393 e. The van der Waals surface area contributed by atoms with Gasteiger partial charge in [-0.1, -0.05) is 29.9 Å². The van der Waals surface area contributed by atoms with Gasteiger partial charge in [0, 0.05) is 19.0 Å². The fourth-order valence-corrected chi connectivity index (χ4v) is 2.60. The fourth-order valence-electron chi connectivity index (χ4n) is 2.23. The third kappa shape index (κ3) is 3.04. The number of nitrogens with zero attached hydrogens (tertiary/aromatic N) is 1. The molecule has 6 heteroatoms. The van der Waals surface area contributed by atoms with Crippen LogP contribution in [0.25, 0.3) is 0 Å². The number of amides is 1. The molecule has 1 heterocycles. The summed E-state index contributed by atoms with van der Waals surface area (Å²) >= 11 is 10.7. The third-order valence-corrected chi connectivity index (χ3v) is 3.92. The molecular formula is C13H14ClFN2OS. The van der Waals surface area contributed by atoms with Gasteiger partial charge in [-0.2, -0.15) is 0 Å². The summed E-state index contributed by atoms with van der Waals surface area (Å²) in [5, 5.41) is -0.0474. The predicted molar refractivity (Wildman–Crippen MR) is 76.8 cm³/mol. The summed E-state index contributed by atoms with van der Waals surface area (Å²) in [6.07, 6.45) is 1.69. The van der Waals surface area contributed by atoms with E-state index in [1.54, 1.807) is 11.0 Å². The smallest absolute Gasteiger partial charge is 0.256 e. The zero-order chi connectivity index (χ0) is 14.0. The maximum atomic E-state index is 13.8. The molecule has 1 unspecified atom stereocenters. The maximum absolute atomic E-state index is 13.8. The van der Waals surface area contributed by atoms with E-state index in [-0.39, 0.29) is 22.4 Å². The molecule has 1 amide bonds. The highest BCUT2D eigenvalue weighted by atomic mass is 35.5. The van der Waals surface area contributed by atoms with Crippen molar-refractivity contribution in [1.82, 2.24) is 4.90 Å². The molecule has 1 aromatic carbocycles. The van der Waals surface area contributed by atoms with Gasteiger partial charge in [-0.25, -0.2) is 4.39 Å². The van der Waals surface area contributed by atoms with Gasteiger partial charge >= 0.3 is 0 Å². The molecule has 3 nitrogen and oxygen atoms in total. The second kappa shape index (κ2) is 5.84. The minimum atomic E-state index is -0.674. The van der Waals surface area contributed by atoms with E-state index in [4.69, 9.17) is 29.6 Å². The summed E-state index contributed by atoms with van der Waals surface area (Å²) in [4.78, 5) is 14.3. The molecule has 1 atom stereocenters. The molecule has 1 fully saturated rings. The first-order valence-electron chi connectivity index (χ1n) is 6.03. The predicted octanol–water partition coefficient (Wildman–Crippen LogP) is 2.62. The monoisotopic (exact) mass is 300 g/mol. The molecular weight excluding hydrogens is 287 g/mol. The van der Waals surface area contributed by atoms with Crippen molar-refractivity contribution in [2.75, 3.05) is 13.1 Å². The number of hydrogen-bond donors (Lipinski definition) is 1. The number of likely N-dealkylation sites (tertiary alicyclic amines) is 1. The molecule has 2 N–H and O–H groups in total. The maximum Gasteiger partial charge on any atom is 0.256 e. The van der Waals surface area contributed by atoms with Gasteiger partial charge in [0.05, 0.1) is 15.6 Å². The molecule has 0 radical (unpaired) electrons. The zero-order valence-electron chi connectivity index (χ0n) is 10.2. The highest BCUT2D eigenvalue weighted by Crippen LogP contribution is 2.23. The van der Waals surface area contributed by atoms with Crippen LogP contribution in [0.1, 0.15) is 23.2 Å². The minimum Gasteiger partial charge on any atom is -0.393 e. The molecule has 102 valence electrons. The first kappa shape index (κ1) is 14.2. The molecule has 19 heavy (non-hydrogen) atoms. The number of nitrogens with two attached hydrogens (primary N) is 1. The van der Waals surface area contributed by atoms with Crippen molar-refractivity contribution in [2.24, 2.45) is 11.7 Å². The lowest BCUT2D eigenvalue weighted by molar-refractivity contribution is 0.0699. The van der Waals surface area contributed by atoms with Crippen LogP contribution in [0.2, 0.25) is 5.02 Å². The van der Waals surface area contributed by atoms with Crippen LogP contribution in [0, 0.1) is 11.7 Å². The van der Waals surface area contributed by atoms with Gasteiger partial charge < -0.3 is 10.6 Å². The first-order valence-corrected chi connectivity index (χ1v) is 6.82. The Bertz CT molecular complexity index is 523. The lowest BCUT2D eigenvalue weighted by Gasteiger charge is -2.32. The van der Waals surface area contributed by atoms with Gasteiger partial charge in [-0.05, 0) is 25.0 Å². The van der Waals surface area contributed by atoms with Crippen LogP contribution in [-0.4, -0.2) is 28.9 Å². The summed E-state index contributed by atoms with van der Waals surface area (Å²) in [6.45, 7) is 1.03. The second-order valence-corrected chi connectivity index (χ2v) is 5.47. The quantitative estimate of drug-likeness (QED) is 0.854. The lowest BCUT2D eigenvalue weighted by atomic mass is 9.97. The van der Waals surface area contributed by atoms with E-state index >= 15 is 0 Å². The van der Waals surface area contributed by atoms with Gasteiger partial charge in [0.2, 0.25) is 0 Å². The Hall–Kier alpha value is -1.20. The molecule has 1 saturated heterocycles. The van der Waals surface area contributed by atoms with Gasteiger partial charge in [0.25, 0.3) is 5.91 Å². The number of hydrogen-bond acceptors (Lipinski definition) is 2. The molecule has 0 aliphatic carbocycles. The number of thiocarbonyl (C=S) groups is 1. The third-order valence-electron chi connectivity index (χ3n) is 3.29. The highest BCUT2D eigenvalue weighted by molar-refractivity contribution is 7.80. The van der Waals surface area contributed by atoms with Crippen LogP contribution in [0.15, 0.2) is 18.2 Å². The van der Waals surface area contributed by atoms with Crippen LogP contribution in [0.3, 0.4) is 0 Å². The van der Waals surface area contributed by atoms with Crippen LogP contribution in [0.5, 0.6) is 0 Å². The molecule has 0 bridgehead atoms. The summed E-state index contributed by atoms with van der Waals surface area (Å²) in [6, 6.07) is 4.42. The van der Waals surface area contributed by atoms with E-state index in [9.17, 15) is 9.18 Å². The number of rotatable bonds is 2. The van der Waals surface area contributed by atoms with Crippen molar-refractivity contribution in [3.05, 3.63) is 34.6 Å². The fraction of sp³-hybridized carbons (Fsp3) is 0.385. The molecule has 0 saturated carbocycles. The van der Waals surface area contributed by atoms with Crippen molar-refractivity contribution >= 4 is 34.7 Å². The molecule has 0 aromatic heterocycles. The van der Waals surface area contributed by atoms with E-state index in [1.807, 2.05) is 0 Å². The Morgan fingerprint density at radius 2 is 2.26 bits per heavy atom. The number of benzene rings is 1. The van der Waals surface area contributed by atoms with E-state index in [0.717, 1.165) is 12.8 Å². The Kier molecular flexibility index (Phi) is 4.37. The number of carbonyl (C=O) groups is 1. The normalized spacial score (nSPS) is 19.3. The number of halogens is 2. The molecule has 2 rings (SSSR count). The van der Waals surface area contributed by atoms with E-state index in [0.29, 0.717) is 18.1 Å². The standard InChI is InChI=1S/C13H14ClFN2OS/c14-10-5-1-4-9(11(10)15)13(18)17-6-2-3-8(7-17)12(16)19/h1,4-5,8H,2-3,6-7H2,(H2,16,19). The van der Waals surface area contributed by atoms with Gasteiger partial charge in [0.1, 0.15) is 0 Å². The van der Waals surface area contributed by atoms with Gasteiger partial charge in [0.15, 0.2) is 5.82 Å². The van der Waals surface area contributed by atoms with Gasteiger partial charge in [-0.3, -0.25) is 4.79 Å². The van der Waals surface area contributed by atoms with E-state index < -0.39 is 5.82 Å².